The Bertz CT molecular complexity index is 1170. The van der Waals surface area contributed by atoms with E-state index in [9.17, 15) is 9.59 Å². The van der Waals surface area contributed by atoms with E-state index in [1.165, 1.54) is 0 Å². The number of nitrogens with zero attached hydrogens (tertiary/aromatic N) is 1. The second-order valence-corrected chi connectivity index (χ2v) is 6.90. The highest BCUT2D eigenvalue weighted by Crippen LogP contribution is 2.26. The molecule has 31 heavy (non-hydrogen) atoms. The first-order valence-corrected chi connectivity index (χ1v) is 9.70. The maximum Gasteiger partial charge on any atom is 0.312 e. The number of hydrogen-bond acceptors (Lipinski definition) is 4. The smallest absolute Gasteiger partial charge is 0.312 e. The second kappa shape index (κ2) is 9.00. The lowest BCUT2D eigenvalue weighted by atomic mass is 10.0. The Labute approximate surface area is 178 Å². The molecule has 8 heteroatoms. The molecule has 4 aromatic rings. The highest BCUT2D eigenvalue weighted by Gasteiger charge is 2.19. The molecule has 1 unspecified atom stereocenters. The summed E-state index contributed by atoms with van der Waals surface area (Å²) < 4.78 is 5.85. The zero-order chi connectivity index (χ0) is 21.6. The van der Waals surface area contributed by atoms with Crippen LogP contribution >= 0.6 is 0 Å². The number of primary amides is 1. The molecule has 8 nitrogen and oxygen atoms in total. The van der Waals surface area contributed by atoms with Crippen molar-refractivity contribution in [2.45, 2.75) is 12.5 Å². The molecule has 0 bridgehead atoms. The molecule has 0 aliphatic heterocycles. The molecule has 4 rings (SSSR count). The number of benzene rings is 3. The quantitative estimate of drug-likeness (QED) is 0.363. The molecule has 0 fully saturated rings. The third-order valence-electron chi connectivity index (χ3n) is 4.59. The monoisotopic (exact) mass is 415 g/mol. The standard InChI is InChI=1S/C23H21N5O3/c24-22(30)25-20(14-21(29)28-23-26-18-11-4-5-12-19(18)27-23)15-7-6-10-17(13-15)31-16-8-2-1-3-9-16/h1-13,20H,14H2,(H3,24,25,30)(H2,26,27,28,29). The first-order chi connectivity index (χ1) is 15.1. The van der Waals surface area contributed by atoms with Crippen LogP contribution < -0.4 is 21.1 Å². The number of anilines is 1. The third kappa shape index (κ3) is 5.18. The van der Waals surface area contributed by atoms with Crippen LogP contribution in [0.5, 0.6) is 11.5 Å². The zero-order valence-electron chi connectivity index (χ0n) is 16.5. The molecule has 0 saturated heterocycles. The van der Waals surface area contributed by atoms with Gasteiger partial charge < -0.3 is 20.8 Å². The number of imidazole rings is 1. The lowest BCUT2D eigenvalue weighted by Crippen LogP contribution is -2.35. The molecule has 0 saturated carbocycles. The molecule has 5 N–H and O–H groups in total. The molecule has 0 aliphatic carbocycles. The minimum atomic E-state index is -0.726. The summed E-state index contributed by atoms with van der Waals surface area (Å²) in [5, 5.41) is 5.35. The maximum atomic E-state index is 12.6. The number of H-pyrrole nitrogens is 1. The number of fused-ring (bicyclic) bond motifs is 1. The summed E-state index contributed by atoms with van der Waals surface area (Å²) in [6, 6.07) is 22.6. The van der Waals surface area contributed by atoms with Crippen molar-refractivity contribution < 1.29 is 14.3 Å². The molecule has 3 aromatic carbocycles. The number of para-hydroxylation sites is 3. The number of rotatable bonds is 7. The van der Waals surface area contributed by atoms with E-state index in [0.29, 0.717) is 23.0 Å². The largest absolute Gasteiger partial charge is 0.457 e. The average molecular weight is 415 g/mol. The first-order valence-electron chi connectivity index (χ1n) is 9.70. The summed E-state index contributed by atoms with van der Waals surface area (Å²) in [6.45, 7) is 0. The molecule has 1 atom stereocenters. The number of aromatic amines is 1. The van der Waals surface area contributed by atoms with Crippen molar-refractivity contribution in [1.29, 1.82) is 0 Å². The number of hydrogen-bond donors (Lipinski definition) is 4. The van der Waals surface area contributed by atoms with Crippen molar-refractivity contribution in [2.24, 2.45) is 5.73 Å². The van der Waals surface area contributed by atoms with Crippen LogP contribution in [0.25, 0.3) is 11.0 Å². The summed E-state index contributed by atoms with van der Waals surface area (Å²) in [5.74, 6) is 1.27. The number of nitrogens with two attached hydrogens (primary N) is 1. The van der Waals surface area contributed by atoms with E-state index < -0.39 is 12.1 Å². The van der Waals surface area contributed by atoms with Gasteiger partial charge in [-0.1, -0.05) is 42.5 Å². The Morgan fingerprint density at radius 1 is 0.968 bits per heavy atom. The molecular formula is C23H21N5O3. The van der Waals surface area contributed by atoms with Gasteiger partial charge in [0.15, 0.2) is 0 Å². The van der Waals surface area contributed by atoms with Crippen LogP contribution in [0.2, 0.25) is 0 Å². The van der Waals surface area contributed by atoms with Gasteiger partial charge in [-0.05, 0) is 42.0 Å². The van der Waals surface area contributed by atoms with Gasteiger partial charge >= 0.3 is 6.03 Å². The fourth-order valence-electron chi connectivity index (χ4n) is 3.22. The Morgan fingerprint density at radius 2 is 1.71 bits per heavy atom. The molecule has 0 radical (unpaired) electrons. The summed E-state index contributed by atoms with van der Waals surface area (Å²) in [4.78, 5) is 31.6. The first kappa shape index (κ1) is 20.0. The van der Waals surface area contributed by atoms with Gasteiger partial charge in [-0.3, -0.25) is 10.1 Å². The normalized spacial score (nSPS) is 11.6. The fourth-order valence-corrected chi connectivity index (χ4v) is 3.22. The van der Waals surface area contributed by atoms with Crippen LogP contribution in [0.1, 0.15) is 18.0 Å². The predicted molar refractivity (Wildman–Crippen MR) is 118 cm³/mol. The van der Waals surface area contributed by atoms with Gasteiger partial charge in [0.2, 0.25) is 11.9 Å². The van der Waals surface area contributed by atoms with Gasteiger partial charge in [0.25, 0.3) is 0 Å². The SMILES string of the molecule is NC(=O)NC(CC(=O)Nc1nc2ccccc2[nH]1)c1cccc(Oc2ccccc2)c1. The van der Waals surface area contributed by atoms with E-state index in [-0.39, 0.29) is 12.3 Å². The van der Waals surface area contributed by atoms with Crippen molar-refractivity contribution in [1.82, 2.24) is 15.3 Å². The predicted octanol–water partition coefficient (Wildman–Crippen LogP) is 4.09. The average Bonchev–Trinajstić information content (AvgIpc) is 3.16. The van der Waals surface area contributed by atoms with Crippen LogP contribution in [-0.4, -0.2) is 21.9 Å². The highest BCUT2D eigenvalue weighted by atomic mass is 16.5. The minimum absolute atomic E-state index is 0.0330. The third-order valence-corrected chi connectivity index (χ3v) is 4.59. The van der Waals surface area contributed by atoms with Crippen LogP contribution in [0, 0.1) is 0 Å². The number of aromatic nitrogens is 2. The van der Waals surface area contributed by atoms with Crippen molar-refractivity contribution in [3.05, 3.63) is 84.4 Å². The Hall–Kier alpha value is -4.33. The van der Waals surface area contributed by atoms with E-state index in [4.69, 9.17) is 10.5 Å². The summed E-state index contributed by atoms with van der Waals surface area (Å²) in [7, 11) is 0. The van der Waals surface area contributed by atoms with Crippen molar-refractivity contribution in [3.63, 3.8) is 0 Å². The maximum absolute atomic E-state index is 12.6. The topological polar surface area (TPSA) is 122 Å². The van der Waals surface area contributed by atoms with E-state index >= 15 is 0 Å². The molecule has 1 heterocycles. The van der Waals surface area contributed by atoms with E-state index in [2.05, 4.69) is 20.6 Å². The van der Waals surface area contributed by atoms with Crippen LogP contribution in [0.3, 0.4) is 0 Å². The second-order valence-electron chi connectivity index (χ2n) is 6.90. The van der Waals surface area contributed by atoms with Crippen LogP contribution in [0.15, 0.2) is 78.9 Å². The molecule has 156 valence electrons. The lowest BCUT2D eigenvalue weighted by Gasteiger charge is -2.18. The minimum Gasteiger partial charge on any atom is -0.457 e. The Kier molecular flexibility index (Phi) is 5.79. The molecule has 1 aromatic heterocycles. The summed E-state index contributed by atoms with van der Waals surface area (Å²) in [6.07, 6.45) is -0.0330. The molecule has 0 spiro atoms. The van der Waals surface area contributed by atoms with E-state index in [0.717, 1.165) is 11.0 Å². The molecule has 0 aliphatic rings. The van der Waals surface area contributed by atoms with Gasteiger partial charge in [0.05, 0.1) is 23.5 Å². The number of carbonyl (C=O) groups excluding carboxylic acids is 2. The number of urea groups is 1. The number of amides is 3. The van der Waals surface area contributed by atoms with Crippen molar-refractivity contribution >= 4 is 28.9 Å². The van der Waals surface area contributed by atoms with E-state index in [1.807, 2.05) is 54.6 Å². The Balaban J connectivity index is 1.49. The van der Waals surface area contributed by atoms with Gasteiger partial charge in [0, 0.05) is 0 Å². The molecule has 3 amide bonds. The van der Waals surface area contributed by atoms with Gasteiger partial charge in [-0.2, -0.15) is 0 Å². The number of ether oxygens (including phenoxy) is 1. The number of nitrogens with one attached hydrogen (secondary N) is 3. The Morgan fingerprint density at radius 3 is 2.48 bits per heavy atom. The summed E-state index contributed by atoms with van der Waals surface area (Å²) >= 11 is 0. The lowest BCUT2D eigenvalue weighted by molar-refractivity contribution is -0.116. The zero-order valence-corrected chi connectivity index (χ0v) is 16.5. The van der Waals surface area contributed by atoms with Gasteiger partial charge in [-0.25, -0.2) is 9.78 Å². The molecular weight excluding hydrogens is 394 g/mol. The van der Waals surface area contributed by atoms with Crippen LogP contribution in [0.4, 0.5) is 10.7 Å². The van der Waals surface area contributed by atoms with Gasteiger partial charge in [0.1, 0.15) is 11.5 Å². The summed E-state index contributed by atoms with van der Waals surface area (Å²) in [5.41, 5.74) is 7.59. The van der Waals surface area contributed by atoms with Crippen LogP contribution in [-0.2, 0) is 4.79 Å². The van der Waals surface area contributed by atoms with Gasteiger partial charge in [-0.15, -0.1) is 0 Å². The van der Waals surface area contributed by atoms with Crippen molar-refractivity contribution in [2.75, 3.05) is 5.32 Å². The van der Waals surface area contributed by atoms with Crippen molar-refractivity contribution in [3.8, 4) is 11.5 Å². The highest BCUT2D eigenvalue weighted by molar-refractivity contribution is 5.91. The fraction of sp³-hybridized carbons (Fsp3) is 0.0870. The van der Waals surface area contributed by atoms with E-state index in [1.54, 1.807) is 24.3 Å². The number of carbonyl (C=O) groups is 2.